The molecule has 3 aromatic rings. The van der Waals surface area contributed by atoms with Gasteiger partial charge in [0.1, 0.15) is 5.57 Å². The monoisotopic (exact) mass is 410 g/mol. The normalized spacial score (nSPS) is 14.3. The van der Waals surface area contributed by atoms with E-state index in [1.54, 1.807) is 31.2 Å². The fourth-order valence-electron chi connectivity index (χ4n) is 3.58. The van der Waals surface area contributed by atoms with Crippen molar-refractivity contribution in [2.24, 2.45) is 0 Å². The van der Waals surface area contributed by atoms with E-state index in [1.807, 2.05) is 31.2 Å². The Balaban J connectivity index is 1.85. The van der Waals surface area contributed by atoms with Crippen LogP contribution >= 0.6 is 0 Å². The predicted octanol–water partition coefficient (Wildman–Crippen LogP) is 3.63. The average molecular weight is 410 g/mol. The van der Waals surface area contributed by atoms with Crippen molar-refractivity contribution in [1.29, 1.82) is 0 Å². The van der Waals surface area contributed by atoms with Gasteiger partial charge in [0.25, 0.3) is 10.0 Å². The van der Waals surface area contributed by atoms with E-state index in [0.29, 0.717) is 12.1 Å². The van der Waals surface area contributed by atoms with Gasteiger partial charge in [-0.2, -0.15) is 0 Å². The van der Waals surface area contributed by atoms with E-state index < -0.39 is 16.0 Å². The number of carbonyl (C=O) groups excluding carboxylic acids is 1. The van der Waals surface area contributed by atoms with Gasteiger partial charge in [-0.15, -0.1) is 0 Å². The highest BCUT2D eigenvalue weighted by atomic mass is 32.2. The van der Waals surface area contributed by atoms with Crippen LogP contribution < -0.4 is 0 Å². The first-order chi connectivity index (χ1) is 13.9. The number of H-pyrrole nitrogens is 1. The molecule has 0 saturated carbocycles. The summed E-state index contributed by atoms with van der Waals surface area (Å²) in [5, 5.41) is 0.979. The molecule has 0 bridgehead atoms. The molecule has 1 aliphatic rings. The van der Waals surface area contributed by atoms with Crippen LogP contribution in [0.5, 0.6) is 0 Å². The van der Waals surface area contributed by atoms with E-state index in [1.165, 1.54) is 10.5 Å². The maximum atomic E-state index is 13.2. The lowest BCUT2D eigenvalue weighted by Gasteiger charge is -2.20. The molecule has 0 atom stereocenters. The number of carbonyl (C=O) groups is 1. The van der Waals surface area contributed by atoms with Gasteiger partial charge in [-0.1, -0.05) is 35.9 Å². The van der Waals surface area contributed by atoms with Gasteiger partial charge < -0.3 is 9.72 Å². The Labute approximate surface area is 169 Å². The molecule has 1 aliphatic heterocycles. The first-order valence-electron chi connectivity index (χ1n) is 9.49. The first-order valence-corrected chi connectivity index (χ1v) is 10.9. The van der Waals surface area contributed by atoms with Gasteiger partial charge in [-0.25, -0.2) is 13.2 Å². The average Bonchev–Trinajstić information content (AvgIpc) is 2.95. The van der Waals surface area contributed by atoms with Gasteiger partial charge in [-0.05, 0) is 44.0 Å². The highest BCUT2D eigenvalue weighted by Gasteiger charge is 2.30. The lowest BCUT2D eigenvalue weighted by Crippen LogP contribution is -2.28. The molecule has 4 rings (SSSR count). The van der Waals surface area contributed by atoms with Crippen LogP contribution in [0.4, 0.5) is 0 Å². The minimum absolute atomic E-state index is 0.193. The second-order valence-electron chi connectivity index (χ2n) is 6.97. The molecule has 1 aromatic heterocycles. The highest BCUT2D eigenvalue weighted by molar-refractivity contribution is 7.89. The summed E-state index contributed by atoms with van der Waals surface area (Å²) < 4.78 is 32.9. The molecule has 0 saturated heterocycles. The molecular formula is C22H22N2O4S. The second kappa shape index (κ2) is 7.40. The van der Waals surface area contributed by atoms with E-state index in [2.05, 4.69) is 4.98 Å². The molecule has 0 spiro atoms. The number of hydrogen-bond donors (Lipinski definition) is 1. The number of benzene rings is 2. The molecule has 0 unspecified atom stereocenters. The molecule has 0 radical (unpaired) electrons. The molecule has 0 fully saturated rings. The van der Waals surface area contributed by atoms with Crippen molar-refractivity contribution in [2.75, 3.05) is 13.2 Å². The summed E-state index contributed by atoms with van der Waals surface area (Å²) in [6.07, 6.45) is 1.87. The highest BCUT2D eigenvalue weighted by Crippen LogP contribution is 2.33. The Bertz CT molecular complexity index is 1210. The molecule has 7 heteroatoms. The van der Waals surface area contributed by atoms with Crippen LogP contribution in [0.3, 0.4) is 0 Å². The van der Waals surface area contributed by atoms with Gasteiger partial charge in [0.2, 0.25) is 0 Å². The van der Waals surface area contributed by atoms with Crippen LogP contribution in [0.1, 0.15) is 23.7 Å². The number of rotatable bonds is 4. The Kier molecular flexibility index (Phi) is 4.92. The zero-order valence-corrected chi connectivity index (χ0v) is 17.1. The van der Waals surface area contributed by atoms with Crippen molar-refractivity contribution in [2.45, 2.75) is 25.2 Å². The Morgan fingerprint density at radius 1 is 1.14 bits per heavy atom. The van der Waals surface area contributed by atoms with E-state index >= 15 is 0 Å². The fraction of sp³-hybridized carbons (Fsp3) is 0.227. The molecular weight excluding hydrogens is 388 g/mol. The molecule has 2 heterocycles. The SMILES string of the molecule is CCOC(=O)C1=CN(S(=O)(=O)c2ccc(C)cc2)CCc2c1[nH]c1ccccc21. The van der Waals surface area contributed by atoms with Gasteiger partial charge >= 0.3 is 5.97 Å². The number of nitrogens with zero attached hydrogens (tertiary/aromatic N) is 1. The second-order valence-corrected chi connectivity index (χ2v) is 8.86. The quantitative estimate of drug-likeness (QED) is 0.666. The third kappa shape index (κ3) is 3.42. The van der Waals surface area contributed by atoms with Crippen molar-refractivity contribution in [3.63, 3.8) is 0 Å². The summed E-state index contributed by atoms with van der Waals surface area (Å²) in [5.41, 5.74) is 3.63. The number of sulfonamides is 1. The predicted molar refractivity (Wildman–Crippen MR) is 112 cm³/mol. The molecule has 150 valence electrons. The van der Waals surface area contributed by atoms with Crippen LogP contribution in [0.25, 0.3) is 16.5 Å². The van der Waals surface area contributed by atoms with Gasteiger partial charge in [0.05, 0.1) is 17.2 Å². The zero-order chi connectivity index (χ0) is 20.6. The van der Waals surface area contributed by atoms with Gasteiger partial charge in [0, 0.05) is 23.6 Å². The lowest BCUT2D eigenvalue weighted by molar-refractivity contribution is -0.136. The first kappa shape index (κ1) is 19.3. The summed E-state index contributed by atoms with van der Waals surface area (Å²) in [6, 6.07) is 14.4. The number of ether oxygens (including phenoxy) is 1. The van der Waals surface area contributed by atoms with Crippen LogP contribution in [-0.2, 0) is 26.0 Å². The van der Waals surface area contributed by atoms with Crippen LogP contribution in [0, 0.1) is 6.92 Å². The number of fused-ring (bicyclic) bond motifs is 3. The van der Waals surface area contributed by atoms with E-state index in [0.717, 1.165) is 22.0 Å². The fourth-order valence-corrected chi connectivity index (χ4v) is 4.91. The molecule has 1 N–H and O–H groups in total. The lowest BCUT2D eigenvalue weighted by atomic mass is 10.0. The number of aromatic nitrogens is 1. The summed E-state index contributed by atoms with van der Waals surface area (Å²) in [5.74, 6) is -0.550. The summed E-state index contributed by atoms with van der Waals surface area (Å²) >= 11 is 0. The Morgan fingerprint density at radius 3 is 2.59 bits per heavy atom. The maximum absolute atomic E-state index is 13.2. The van der Waals surface area contributed by atoms with Crippen molar-refractivity contribution in [3.05, 3.63) is 71.6 Å². The van der Waals surface area contributed by atoms with Crippen molar-refractivity contribution in [3.8, 4) is 0 Å². The number of nitrogens with one attached hydrogen (secondary N) is 1. The van der Waals surface area contributed by atoms with E-state index in [4.69, 9.17) is 4.74 Å². The maximum Gasteiger partial charge on any atom is 0.341 e. The number of aryl methyl sites for hydroxylation is 1. The number of hydrogen-bond acceptors (Lipinski definition) is 4. The molecule has 0 aliphatic carbocycles. The topological polar surface area (TPSA) is 79.5 Å². The number of para-hydroxylation sites is 1. The van der Waals surface area contributed by atoms with Crippen molar-refractivity contribution in [1.82, 2.24) is 9.29 Å². The molecule has 2 aromatic carbocycles. The van der Waals surface area contributed by atoms with Gasteiger partial charge in [0.15, 0.2) is 0 Å². The minimum atomic E-state index is -3.80. The standard InChI is InChI=1S/C22H22N2O4S/c1-3-28-22(25)19-14-24(29(26,27)16-10-8-15(2)9-11-16)13-12-18-17-6-4-5-7-20(17)23-21(18)19/h4-11,14,23H,3,12-13H2,1-2H3. The Hall–Kier alpha value is -3.06. The number of esters is 1. The van der Waals surface area contributed by atoms with Crippen molar-refractivity contribution >= 4 is 32.5 Å². The summed E-state index contributed by atoms with van der Waals surface area (Å²) in [6.45, 7) is 4.06. The van der Waals surface area contributed by atoms with Crippen LogP contribution in [0.2, 0.25) is 0 Å². The third-order valence-corrected chi connectivity index (χ3v) is 6.83. The Morgan fingerprint density at radius 2 is 1.86 bits per heavy atom. The molecule has 6 nitrogen and oxygen atoms in total. The molecule has 29 heavy (non-hydrogen) atoms. The molecule has 0 amide bonds. The van der Waals surface area contributed by atoms with E-state index in [9.17, 15) is 13.2 Å². The summed E-state index contributed by atoms with van der Waals surface area (Å²) in [4.78, 5) is 16.2. The van der Waals surface area contributed by atoms with Gasteiger partial charge in [-0.3, -0.25) is 4.31 Å². The zero-order valence-electron chi connectivity index (χ0n) is 16.3. The van der Waals surface area contributed by atoms with Crippen LogP contribution in [0.15, 0.2) is 59.6 Å². The largest absolute Gasteiger partial charge is 0.462 e. The minimum Gasteiger partial charge on any atom is -0.462 e. The van der Waals surface area contributed by atoms with Crippen LogP contribution in [-0.4, -0.2) is 36.8 Å². The number of aromatic amines is 1. The summed E-state index contributed by atoms with van der Waals surface area (Å²) in [7, 11) is -3.80. The third-order valence-electron chi connectivity index (χ3n) is 5.06. The van der Waals surface area contributed by atoms with E-state index in [-0.39, 0.29) is 23.6 Å². The van der Waals surface area contributed by atoms with Crippen molar-refractivity contribution < 1.29 is 17.9 Å². The smallest absolute Gasteiger partial charge is 0.341 e.